The summed E-state index contributed by atoms with van der Waals surface area (Å²) in [6.07, 6.45) is 0. The summed E-state index contributed by atoms with van der Waals surface area (Å²) in [6, 6.07) is 6.18. The molecule has 0 fully saturated rings. The average Bonchev–Trinajstić information content (AvgIpc) is 2.37. The molecule has 0 aliphatic rings. The van der Waals surface area contributed by atoms with E-state index in [2.05, 4.69) is 91.2 Å². The van der Waals surface area contributed by atoms with Gasteiger partial charge in [0.1, 0.15) is 11.5 Å². The van der Waals surface area contributed by atoms with Gasteiger partial charge >= 0.3 is 0 Å². The zero-order valence-electron chi connectivity index (χ0n) is 17.5. The predicted octanol–water partition coefficient (Wildman–Crippen LogP) is 6.50. The third-order valence-corrected chi connectivity index (χ3v) is 14.3. The van der Waals surface area contributed by atoms with Gasteiger partial charge in [-0.15, -0.1) is 0 Å². The van der Waals surface area contributed by atoms with Crippen molar-refractivity contribution in [2.45, 2.75) is 77.8 Å². The van der Waals surface area contributed by atoms with E-state index in [1.165, 1.54) is 0 Å². The van der Waals surface area contributed by atoms with E-state index in [4.69, 9.17) is 8.85 Å². The van der Waals surface area contributed by atoms with Crippen LogP contribution in [0, 0.1) is 0 Å². The summed E-state index contributed by atoms with van der Waals surface area (Å²) < 4.78 is 13.2. The molecule has 5 heteroatoms. The van der Waals surface area contributed by atoms with Crippen molar-refractivity contribution < 1.29 is 8.85 Å². The van der Waals surface area contributed by atoms with Gasteiger partial charge in [0.25, 0.3) is 16.6 Å². The molecule has 3 nitrogen and oxygen atoms in total. The lowest BCUT2D eigenvalue weighted by atomic mass is 10.2. The second kappa shape index (κ2) is 6.75. The molecule has 138 valence electrons. The first-order valence-electron chi connectivity index (χ1n) is 8.80. The van der Waals surface area contributed by atoms with Crippen LogP contribution in [-0.2, 0) is 0 Å². The molecule has 1 aromatic carbocycles. The summed E-state index contributed by atoms with van der Waals surface area (Å²) in [6.45, 7) is 22.6. The number of rotatable bonds is 5. The van der Waals surface area contributed by atoms with Crippen molar-refractivity contribution >= 4 is 22.3 Å². The van der Waals surface area contributed by atoms with Crippen molar-refractivity contribution in [2.24, 2.45) is 0 Å². The molecule has 0 atom stereocenters. The molecule has 1 N–H and O–H groups in total. The fourth-order valence-electron chi connectivity index (χ4n) is 1.68. The summed E-state index contributed by atoms with van der Waals surface area (Å²) in [7, 11) is -1.91. The zero-order valence-corrected chi connectivity index (χ0v) is 19.5. The lowest BCUT2D eigenvalue weighted by Crippen LogP contribution is -2.45. The van der Waals surface area contributed by atoms with Crippen LogP contribution >= 0.6 is 0 Å². The van der Waals surface area contributed by atoms with Crippen molar-refractivity contribution in [3.63, 3.8) is 0 Å². The lowest BCUT2D eigenvalue weighted by molar-refractivity contribution is 0.441. The van der Waals surface area contributed by atoms with Gasteiger partial charge in [-0.3, -0.25) is 0 Å². The largest absolute Gasteiger partial charge is 0.541 e. The van der Waals surface area contributed by atoms with E-state index >= 15 is 0 Å². The Hall–Kier alpha value is -0.946. The van der Waals surface area contributed by atoms with Crippen molar-refractivity contribution in [1.29, 1.82) is 0 Å². The van der Waals surface area contributed by atoms with Crippen LogP contribution in [0.15, 0.2) is 18.2 Å². The van der Waals surface area contributed by atoms with Gasteiger partial charge < -0.3 is 14.2 Å². The molecule has 0 heterocycles. The predicted molar refractivity (Wildman–Crippen MR) is 112 cm³/mol. The molecule has 0 saturated heterocycles. The van der Waals surface area contributed by atoms with Gasteiger partial charge in [0.2, 0.25) is 0 Å². The molecule has 0 saturated carbocycles. The van der Waals surface area contributed by atoms with Crippen LogP contribution in [0.5, 0.6) is 11.5 Å². The number of benzene rings is 1. The minimum Gasteiger partial charge on any atom is -0.541 e. The molecule has 0 bridgehead atoms. The van der Waals surface area contributed by atoms with Gasteiger partial charge in [-0.25, -0.2) is 0 Å². The summed E-state index contributed by atoms with van der Waals surface area (Å²) in [4.78, 5) is 0. The van der Waals surface area contributed by atoms with Gasteiger partial charge in [-0.2, -0.15) is 0 Å². The summed E-state index contributed by atoms with van der Waals surface area (Å²) in [5.74, 6) is 1.75. The second-order valence-electron chi connectivity index (χ2n) is 9.64. The SMILES string of the molecule is CNc1ccc(O[Si](C)(C)C(C)(C)C)c(O[Si](C)(C)C(C)(C)C)c1. The maximum Gasteiger partial charge on any atom is 0.250 e. The Kier molecular flexibility index (Phi) is 5.93. The van der Waals surface area contributed by atoms with E-state index in [1.54, 1.807) is 0 Å². The number of anilines is 1. The van der Waals surface area contributed by atoms with Gasteiger partial charge in [-0.05, 0) is 48.4 Å². The molecular weight excluding hydrogens is 330 g/mol. The molecule has 24 heavy (non-hydrogen) atoms. The smallest absolute Gasteiger partial charge is 0.250 e. The highest BCUT2D eigenvalue weighted by Gasteiger charge is 2.42. The van der Waals surface area contributed by atoms with Crippen molar-refractivity contribution in [1.82, 2.24) is 0 Å². The third-order valence-electron chi connectivity index (χ3n) is 5.57. The maximum atomic E-state index is 6.59. The van der Waals surface area contributed by atoms with E-state index in [1.807, 2.05) is 7.05 Å². The zero-order chi connectivity index (χ0) is 19.0. The van der Waals surface area contributed by atoms with Crippen molar-refractivity contribution in [2.75, 3.05) is 12.4 Å². The standard InChI is InChI=1S/C19H37NO2Si2/c1-18(2,3)23(8,9)21-16-13-12-15(20-7)14-17(16)22-24(10,11)19(4,5)6/h12-14,20H,1-11H3. The van der Waals surface area contributed by atoms with E-state index in [9.17, 15) is 0 Å². The molecule has 0 aromatic heterocycles. The van der Waals surface area contributed by atoms with Crippen LogP contribution in [0.3, 0.4) is 0 Å². The van der Waals surface area contributed by atoms with Gasteiger partial charge in [0, 0.05) is 18.8 Å². The number of nitrogens with one attached hydrogen (secondary N) is 1. The van der Waals surface area contributed by atoms with E-state index in [0.717, 1.165) is 17.2 Å². The molecule has 0 spiro atoms. The van der Waals surface area contributed by atoms with Crippen LogP contribution in [0.1, 0.15) is 41.5 Å². The van der Waals surface area contributed by atoms with Gasteiger partial charge in [-0.1, -0.05) is 41.5 Å². The fraction of sp³-hybridized carbons (Fsp3) is 0.684. The summed E-state index contributed by atoms with van der Waals surface area (Å²) in [5, 5.41) is 3.51. The summed E-state index contributed by atoms with van der Waals surface area (Å²) in [5.41, 5.74) is 1.05. The fourth-order valence-corrected chi connectivity index (χ4v) is 3.72. The number of hydrogen-bond acceptors (Lipinski definition) is 3. The Morgan fingerprint density at radius 3 is 1.54 bits per heavy atom. The highest BCUT2D eigenvalue weighted by atomic mass is 28.4. The molecule has 0 aliphatic carbocycles. The minimum atomic E-state index is -1.93. The number of hydrogen-bond donors (Lipinski definition) is 1. The highest BCUT2D eigenvalue weighted by Crippen LogP contribution is 2.44. The molecule has 0 radical (unpaired) electrons. The quantitative estimate of drug-likeness (QED) is 0.603. The van der Waals surface area contributed by atoms with Crippen LogP contribution < -0.4 is 14.2 Å². The van der Waals surface area contributed by atoms with Crippen molar-refractivity contribution in [3.8, 4) is 11.5 Å². The Bertz CT molecular complexity index is 570. The topological polar surface area (TPSA) is 30.5 Å². The van der Waals surface area contributed by atoms with Crippen LogP contribution in [0.2, 0.25) is 36.3 Å². The van der Waals surface area contributed by atoms with E-state index < -0.39 is 16.6 Å². The Labute approximate surface area is 151 Å². The molecule has 0 aliphatic heterocycles. The van der Waals surface area contributed by atoms with E-state index in [-0.39, 0.29) is 10.1 Å². The Morgan fingerprint density at radius 2 is 1.17 bits per heavy atom. The first-order valence-corrected chi connectivity index (χ1v) is 14.6. The third kappa shape index (κ3) is 4.79. The second-order valence-corrected chi connectivity index (χ2v) is 19.1. The molecule has 0 amide bonds. The molecule has 0 unspecified atom stereocenters. The van der Waals surface area contributed by atoms with Gasteiger partial charge in [0.15, 0.2) is 0 Å². The highest BCUT2D eigenvalue weighted by molar-refractivity contribution is 6.75. The molecule has 1 aromatic rings. The first-order chi connectivity index (χ1) is 10.6. The lowest BCUT2D eigenvalue weighted by Gasteiger charge is -2.39. The van der Waals surface area contributed by atoms with E-state index in [0.29, 0.717) is 0 Å². The minimum absolute atomic E-state index is 0.150. The monoisotopic (exact) mass is 367 g/mol. The van der Waals surface area contributed by atoms with Crippen LogP contribution in [0.4, 0.5) is 5.69 Å². The maximum absolute atomic E-state index is 6.59. The normalized spacial score (nSPS) is 13.6. The Morgan fingerprint density at radius 1 is 0.750 bits per heavy atom. The van der Waals surface area contributed by atoms with Crippen molar-refractivity contribution in [3.05, 3.63) is 18.2 Å². The first kappa shape index (κ1) is 21.1. The Balaban J connectivity index is 3.28. The van der Waals surface area contributed by atoms with Gasteiger partial charge in [0.05, 0.1) is 0 Å². The molecule has 1 rings (SSSR count). The van der Waals surface area contributed by atoms with Crippen LogP contribution in [-0.4, -0.2) is 23.7 Å². The molecular formula is C19H37NO2Si2. The summed E-state index contributed by atoms with van der Waals surface area (Å²) >= 11 is 0. The average molecular weight is 368 g/mol. The van der Waals surface area contributed by atoms with Crippen LogP contribution in [0.25, 0.3) is 0 Å².